The van der Waals surface area contributed by atoms with Gasteiger partial charge in [0.25, 0.3) is 0 Å². The summed E-state index contributed by atoms with van der Waals surface area (Å²) in [5.74, 6) is 0.672. The molecule has 1 aromatic heterocycles. The second-order valence-electron chi connectivity index (χ2n) is 5.32. The maximum absolute atomic E-state index is 12.4. The minimum absolute atomic E-state index is 0.0491. The Bertz CT molecular complexity index is 770. The minimum atomic E-state index is -1.35. The van der Waals surface area contributed by atoms with Gasteiger partial charge in [0.15, 0.2) is 0 Å². The molecule has 1 aliphatic rings. The molecule has 1 unspecified atom stereocenters. The van der Waals surface area contributed by atoms with Crippen LogP contribution in [0.25, 0.3) is 0 Å². The molecule has 0 fully saturated rings. The topological polar surface area (TPSA) is 69.9 Å². The summed E-state index contributed by atoms with van der Waals surface area (Å²) >= 11 is -1.35. The first-order valence-electron chi connectivity index (χ1n) is 7.03. The van der Waals surface area contributed by atoms with E-state index in [1.165, 1.54) is 0 Å². The number of hydrogen-bond donors (Lipinski definition) is 0. The Morgan fingerprint density at radius 2 is 1.77 bits per heavy atom. The van der Waals surface area contributed by atoms with E-state index in [9.17, 15) is 4.55 Å². The molecule has 2 aromatic rings. The Morgan fingerprint density at radius 3 is 2.32 bits per heavy atom. The Hall–Kier alpha value is -1.92. The average Bonchev–Trinajstić information content (AvgIpc) is 2.87. The summed E-state index contributed by atoms with van der Waals surface area (Å²) in [7, 11) is 0. The van der Waals surface area contributed by atoms with E-state index in [-0.39, 0.29) is 6.10 Å². The lowest BCUT2D eigenvalue weighted by atomic mass is 10.3. The third-order valence-corrected chi connectivity index (χ3v) is 4.46. The summed E-state index contributed by atoms with van der Waals surface area (Å²) in [6.45, 7) is 3.90. The monoisotopic (exact) mass is 315 g/mol. The van der Waals surface area contributed by atoms with Crippen molar-refractivity contribution < 1.29 is 9.29 Å². The van der Waals surface area contributed by atoms with Gasteiger partial charge in [-0.15, -0.1) is 0 Å². The van der Waals surface area contributed by atoms with Crippen molar-refractivity contribution in [2.75, 3.05) is 6.26 Å². The van der Waals surface area contributed by atoms with Crippen LogP contribution in [0.3, 0.4) is 0 Å². The molecular formula is C16H17N3O2S. The molecule has 0 saturated heterocycles. The number of hydrogen-bond acceptors (Lipinski definition) is 5. The summed E-state index contributed by atoms with van der Waals surface area (Å²) in [4.78, 5) is 12.3. The van der Waals surface area contributed by atoms with Gasteiger partial charge in [-0.1, -0.05) is 12.1 Å². The fourth-order valence-electron chi connectivity index (χ4n) is 2.33. The number of nitrogens with zero attached hydrogens (tertiary/aromatic N) is 3. The number of rotatable bonds is 4. The van der Waals surface area contributed by atoms with Crippen LogP contribution in [0.5, 0.6) is 5.75 Å². The fourth-order valence-corrected chi connectivity index (χ4v) is 3.19. The van der Waals surface area contributed by atoms with Gasteiger partial charge in [-0.2, -0.15) is 9.98 Å². The van der Waals surface area contributed by atoms with Crippen LogP contribution >= 0.6 is 0 Å². The standard InChI is InChI=1S/C16H17N3O2S/c1-11(2)21-12-8-9-17-15(10-12)16(22(3)20)18-13-6-4-5-7-14(13)19-16/h4-11H,1-3H3. The van der Waals surface area contributed by atoms with Crippen LogP contribution in [0.4, 0.5) is 0 Å². The third kappa shape index (κ3) is 2.60. The highest BCUT2D eigenvalue weighted by Gasteiger charge is 2.45. The van der Waals surface area contributed by atoms with Gasteiger partial charge in [0.1, 0.15) is 11.4 Å². The van der Waals surface area contributed by atoms with Gasteiger partial charge < -0.3 is 9.29 Å². The number of benzene rings is 1. The molecule has 0 aliphatic carbocycles. The van der Waals surface area contributed by atoms with E-state index in [0.29, 0.717) is 11.4 Å². The number of ether oxygens (including phenoxy) is 1. The first-order valence-corrected chi connectivity index (χ1v) is 8.58. The molecule has 0 spiro atoms. The fraction of sp³-hybridized carbons (Fsp3) is 0.312. The number of aromatic nitrogens is 1. The predicted molar refractivity (Wildman–Crippen MR) is 84.5 cm³/mol. The second-order valence-corrected chi connectivity index (χ2v) is 6.80. The number of pyridine rings is 1. The van der Waals surface area contributed by atoms with Gasteiger partial charge in [0, 0.05) is 23.4 Å². The molecule has 114 valence electrons. The summed E-state index contributed by atoms with van der Waals surface area (Å²) in [5, 5.41) is 1.46. The van der Waals surface area contributed by atoms with E-state index < -0.39 is 16.2 Å². The van der Waals surface area contributed by atoms with Crippen molar-refractivity contribution in [1.82, 2.24) is 4.98 Å². The van der Waals surface area contributed by atoms with E-state index in [2.05, 4.69) is 15.0 Å². The van der Waals surface area contributed by atoms with Gasteiger partial charge in [-0.25, -0.2) is 0 Å². The van der Waals surface area contributed by atoms with Gasteiger partial charge in [-0.05, 0) is 32.0 Å². The van der Waals surface area contributed by atoms with E-state index in [1.54, 1.807) is 24.6 Å². The molecule has 3 rings (SSSR count). The lowest BCUT2D eigenvalue weighted by Crippen LogP contribution is -2.31. The summed E-state index contributed by atoms with van der Waals surface area (Å²) < 4.78 is 18.1. The maximum Gasteiger partial charge on any atom is 0.356 e. The van der Waals surface area contributed by atoms with E-state index in [4.69, 9.17) is 4.74 Å². The summed E-state index contributed by atoms with van der Waals surface area (Å²) in [6, 6.07) is 11.0. The van der Waals surface area contributed by atoms with Crippen molar-refractivity contribution in [2.24, 2.45) is 9.98 Å². The van der Waals surface area contributed by atoms with Crippen LogP contribution in [0.1, 0.15) is 19.5 Å². The molecule has 0 N–H and O–H groups in total. The van der Waals surface area contributed by atoms with Crippen molar-refractivity contribution in [2.45, 2.75) is 24.9 Å². The van der Waals surface area contributed by atoms with Crippen molar-refractivity contribution in [1.29, 1.82) is 0 Å². The van der Waals surface area contributed by atoms with E-state index >= 15 is 0 Å². The molecule has 0 amide bonds. The van der Waals surface area contributed by atoms with Gasteiger partial charge >= 0.3 is 4.99 Å². The van der Waals surface area contributed by atoms with Crippen LogP contribution in [-0.4, -0.2) is 21.9 Å². The third-order valence-electron chi connectivity index (χ3n) is 3.26. The van der Waals surface area contributed by atoms with E-state index in [1.807, 2.05) is 38.1 Å². The first kappa shape index (κ1) is 15.0. The zero-order chi connectivity index (χ0) is 15.7. The Morgan fingerprint density at radius 1 is 1.14 bits per heavy atom. The van der Waals surface area contributed by atoms with Crippen LogP contribution < -0.4 is 15.5 Å². The molecule has 1 aliphatic heterocycles. The SMILES string of the molecule is CC(C)Oc1ccnc(C2([S+](C)[O-])N=c3ccccc3=N2)c1. The van der Waals surface area contributed by atoms with Crippen molar-refractivity contribution >= 4 is 11.2 Å². The van der Waals surface area contributed by atoms with E-state index in [0.717, 1.165) is 10.7 Å². The largest absolute Gasteiger partial charge is 0.613 e. The molecule has 5 nitrogen and oxygen atoms in total. The highest BCUT2D eigenvalue weighted by Crippen LogP contribution is 2.34. The van der Waals surface area contributed by atoms with Crippen LogP contribution in [0.15, 0.2) is 52.6 Å². The second kappa shape index (κ2) is 5.70. The molecule has 0 saturated carbocycles. The zero-order valence-electron chi connectivity index (χ0n) is 12.7. The van der Waals surface area contributed by atoms with Crippen molar-refractivity contribution in [3.05, 3.63) is 59.0 Å². The Labute approximate surface area is 132 Å². The van der Waals surface area contributed by atoms with Crippen LogP contribution in [-0.2, 0) is 16.2 Å². The molecule has 1 atom stereocenters. The molecule has 1 aromatic carbocycles. The lowest BCUT2D eigenvalue weighted by Gasteiger charge is -2.23. The quantitative estimate of drug-likeness (QED) is 0.799. The molecule has 22 heavy (non-hydrogen) atoms. The molecular weight excluding hydrogens is 298 g/mol. The van der Waals surface area contributed by atoms with Crippen LogP contribution in [0.2, 0.25) is 0 Å². The average molecular weight is 315 g/mol. The minimum Gasteiger partial charge on any atom is -0.613 e. The molecule has 0 bridgehead atoms. The van der Waals surface area contributed by atoms with Crippen LogP contribution in [0, 0.1) is 0 Å². The highest BCUT2D eigenvalue weighted by molar-refractivity contribution is 7.91. The zero-order valence-corrected chi connectivity index (χ0v) is 13.5. The van der Waals surface area contributed by atoms with Crippen molar-refractivity contribution in [3.8, 4) is 5.75 Å². The highest BCUT2D eigenvalue weighted by atomic mass is 32.2. The summed E-state index contributed by atoms with van der Waals surface area (Å²) in [6.07, 6.45) is 3.28. The predicted octanol–water partition coefficient (Wildman–Crippen LogP) is 1.31. The smallest absolute Gasteiger partial charge is 0.356 e. The van der Waals surface area contributed by atoms with Gasteiger partial charge in [0.2, 0.25) is 0 Å². The molecule has 0 radical (unpaired) electrons. The first-order chi connectivity index (χ1) is 10.5. The molecule has 6 heteroatoms. The van der Waals surface area contributed by atoms with Crippen molar-refractivity contribution in [3.63, 3.8) is 0 Å². The lowest BCUT2D eigenvalue weighted by molar-refractivity contribution is 0.241. The normalized spacial score (nSPS) is 16.6. The Kier molecular flexibility index (Phi) is 3.88. The Balaban J connectivity index is 2.13. The summed E-state index contributed by atoms with van der Waals surface area (Å²) in [5.41, 5.74) is 0.530. The number of fused-ring (bicyclic) bond motifs is 1. The maximum atomic E-state index is 12.4. The number of para-hydroxylation sites is 2. The molecule has 2 heterocycles. The van der Waals surface area contributed by atoms with Gasteiger partial charge in [0.05, 0.1) is 23.1 Å². The van der Waals surface area contributed by atoms with Gasteiger partial charge in [-0.3, -0.25) is 4.98 Å².